The van der Waals surface area contributed by atoms with Gasteiger partial charge in [-0.3, -0.25) is 9.59 Å². The molecule has 3 aromatic carbocycles. The number of amides is 3. The van der Waals surface area contributed by atoms with E-state index in [2.05, 4.69) is 16.0 Å². The third kappa shape index (κ3) is 12.1. The van der Waals surface area contributed by atoms with Gasteiger partial charge in [0.05, 0.1) is 60.0 Å². The van der Waals surface area contributed by atoms with Gasteiger partial charge in [0.25, 0.3) is 0 Å². The Morgan fingerprint density at radius 3 is 1.79 bits per heavy atom. The zero-order valence-corrected chi connectivity index (χ0v) is 33.0. The number of hydrogen-bond acceptors (Lipinski definition) is 12. The van der Waals surface area contributed by atoms with Crippen molar-refractivity contribution in [3.8, 4) is 22.6 Å². The lowest BCUT2D eigenvalue weighted by Gasteiger charge is -2.32. The maximum atomic E-state index is 13.9. The Morgan fingerprint density at radius 2 is 1.23 bits per heavy atom. The van der Waals surface area contributed by atoms with Crippen molar-refractivity contribution < 1.29 is 57.1 Å². The molecule has 57 heavy (non-hydrogen) atoms. The number of carbonyl (C=O) groups excluding carboxylic acids is 4. The van der Waals surface area contributed by atoms with Gasteiger partial charge in [-0.15, -0.1) is 0 Å². The molecule has 308 valence electrons. The molecule has 15 nitrogen and oxygen atoms in total. The number of rotatable bonds is 10. The molecule has 2 aliphatic rings. The Balaban J connectivity index is 1.26. The average molecular weight is 792 g/mol. The van der Waals surface area contributed by atoms with Crippen LogP contribution in [0, 0.1) is 0 Å². The molecule has 1 aliphatic heterocycles. The van der Waals surface area contributed by atoms with E-state index in [1.165, 1.54) is 27.9 Å². The van der Waals surface area contributed by atoms with Crippen LogP contribution in [0.2, 0.25) is 0 Å². The predicted octanol–water partition coefficient (Wildman–Crippen LogP) is 3.55. The highest BCUT2D eigenvalue weighted by Crippen LogP contribution is 2.44. The summed E-state index contributed by atoms with van der Waals surface area (Å²) >= 11 is 0. The number of ether oxygens (including phenoxy) is 8. The molecule has 0 radical (unpaired) electrons. The van der Waals surface area contributed by atoms with Gasteiger partial charge in [0, 0.05) is 12.3 Å². The highest BCUT2D eigenvalue weighted by Gasteiger charge is 2.38. The van der Waals surface area contributed by atoms with Crippen molar-refractivity contribution >= 4 is 23.9 Å². The topological polar surface area (TPSA) is 178 Å². The van der Waals surface area contributed by atoms with Crippen molar-refractivity contribution in [1.29, 1.82) is 0 Å². The Morgan fingerprint density at radius 1 is 0.702 bits per heavy atom. The summed E-state index contributed by atoms with van der Waals surface area (Å²) < 4.78 is 44.7. The van der Waals surface area contributed by atoms with Crippen LogP contribution in [0.5, 0.6) is 11.5 Å². The summed E-state index contributed by atoms with van der Waals surface area (Å²) in [7, 11) is 1.21. The molecule has 1 heterocycles. The quantitative estimate of drug-likeness (QED) is 0.255. The minimum absolute atomic E-state index is 0.0380. The molecule has 0 aromatic heterocycles. The van der Waals surface area contributed by atoms with E-state index in [1.807, 2.05) is 48.5 Å². The number of fused-ring (bicyclic) bond motifs is 4. The third-order valence-electron chi connectivity index (χ3n) is 9.53. The molecule has 3 aromatic rings. The van der Waals surface area contributed by atoms with Gasteiger partial charge in [-0.1, -0.05) is 54.6 Å². The molecular formula is C42H53N3O12. The highest BCUT2D eigenvalue weighted by molar-refractivity contribution is 5.95. The first-order chi connectivity index (χ1) is 27.6. The molecule has 1 aliphatic carbocycles. The van der Waals surface area contributed by atoms with Gasteiger partial charge in [0.1, 0.15) is 37.4 Å². The molecule has 3 N–H and O–H groups in total. The van der Waals surface area contributed by atoms with Crippen molar-refractivity contribution in [3.63, 3.8) is 0 Å². The minimum atomic E-state index is -1.62. The number of carbonyl (C=O) groups is 4. The zero-order valence-electron chi connectivity index (χ0n) is 33.0. The van der Waals surface area contributed by atoms with E-state index < -0.39 is 41.5 Å². The lowest BCUT2D eigenvalue weighted by atomic mass is 9.90. The van der Waals surface area contributed by atoms with Crippen LogP contribution in [0.3, 0.4) is 0 Å². The summed E-state index contributed by atoms with van der Waals surface area (Å²) in [4.78, 5) is 52.9. The van der Waals surface area contributed by atoms with Crippen molar-refractivity contribution in [2.75, 3.05) is 79.8 Å². The smallest absolute Gasteiger partial charge is 0.407 e. The van der Waals surface area contributed by atoms with Crippen molar-refractivity contribution in [2.24, 2.45) is 0 Å². The van der Waals surface area contributed by atoms with Crippen LogP contribution in [0.1, 0.15) is 43.4 Å². The summed E-state index contributed by atoms with van der Waals surface area (Å²) in [6.45, 7) is 8.11. The molecule has 0 spiro atoms. The van der Waals surface area contributed by atoms with Crippen molar-refractivity contribution in [2.45, 2.75) is 50.7 Å². The maximum Gasteiger partial charge on any atom is 0.407 e. The lowest BCUT2D eigenvalue weighted by Crippen LogP contribution is -2.62. The molecule has 0 fully saturated rings. The number of esters is 1. The van der Waals surface area contributed by atoms with Crippen LogP contribution >= 0.6 is 0 Å². The Labute approximate surface area is 332 Å². The molecule has 0 saturated heterocycles. The largest absolute Gasteiger partial charge is 0.487 e. The Bertz CT molecular complexity index is 1780. The standard InChI is InChI=1S/C42H53N3O12/c1-28(44-41(49)57-27-35-33-11-7-5-9-31(33)32-10-6-8-12-34(32)35)38(46)45-42(3,40(48)43-29(2)39(47)50-4)26-30-13-14-36-37(25-30)56-24-22-54-20-18-52-16-15-51-17-19-53-21-23-55-36/h5-14,25,28-29,35H,15-24,26-27H2,1-4H3,(H,43,48)(H,44,49)(H,45,46)/t28-,29-,42-/m0/s1. The molecular weight excluding hydrogens is 738 g/mol. The van der Waals surface area contributed by atoms with Crippen molar-refractivity contribution in [1.82, 2.24) is 16.0 Å². The monoisotopic (exact) mass is 791 g/mol. The van der Waals surface area contributed by atoms with Gasteiger partial charge in [0.15, 0.2) is 11.5 Å². The molecule has 0 saturated carbocycles. The van der Waals surface area contributed by atoms with E-state index in [-0.39, 0.29) is 38.8 Å². The van der Waals surface area contributed by atoms with Gasteiger partial charge < -0.3 is 53.8 Å². The molecule has 15 heteroatoms. The van der Waals surface area contributed by atoms with Crippen LogP contribution in [-0.4, -0.2) is 121 Å². The SMILES string of the molecule is COC(=O)[C@H](C)NC(=O)[C@](C)(Cc1ccc2c(c1)OCCOCCOCCOCCOCCO2)NC(=O)[C@H](C)NC(=O)OCC1c2ccccc2-c2ccccc21. The van der Waals surface area contributed by atoms with Crippen molar-refractivity contribution in [3.05, 3.63) is 83.4 Å². The van der Waals surface area contributed by atoms with E-state index in [1.54, 1.807) is 18.2 Å². The summed E-state index contributed by atoms with van der Waals surface area (Å²) in [5.41, 5.74) is 3.26. The molecule has 5 rings (SSSR count). The normalized spacial score (nSPS) is 17.5. The Kier molecular flexibility index (Phi) is 16.1. The first-order valence-corrected chi connectivity index (χ1v) is 19.1. The average Bonchev–Trinajstić information content (AvgIpc) is 3.53. The molecule has 3 atom stereocenters. The first kappa shape index (κ1) is 42.9. The number of benzene rings is 3. The fourth-order valence-corrected chi connectivity index (χ4v) is 6.52. The van der Waals surface area contributed by atoms with Crippen LogP contribution < -0.4 is 25.4 Å². The third-order valence-corrected chi connectivity index (χ3v) is 9.53. The van der Waals surface area contributed by atoms with E-state index in [0.717, 1.165) is 22.3 Å². The molecule has 3 amide bonds. The van der Waals surface area contributed by atoms with Gasteiger partial charge in [0.2, 0.25) is 11.8 Å². The summed E-state index contributed by atoms with van der Waals surface area (Å²) in [5.74, 6) is -1.31. The molecule has 0 bridgehead atoms. The van der Waals surface area contributed by atoms with Crippen LogP contribution in [0.25, 0.3) is 11.1 Å². The number of hydrogen-bond donors (Lipinski definition) is 3. The second-order valence-corrected chi connectivity index (χ2v) is 13.8. The number of methoxy groups -OCH3 is 1. The second-order valence-electron chi connectivity index (χ2n) is 13.8. The van der Waals surface area contributed by atoms with E-state index in [9.17, 15) is 19.2 Å². The second kappa shape index (κ2) is 21.3. The van der Waals surface area contributed by atoms with Gasteiger partial charge >= 0.3 is 12.1 Å². The zero-order chi connectivity index (χ0) is 40.6. The summed E-state index contributed by atoms with van der Waals surface area (Å²) in [6.07, 6.45) is -0.829. The lowest BCUT2D eigenvalue weighted by molar-refractivity contribution is -0.145. The fourth-order valence-electron chi connectivity index (χ4n) is 6.52. The predicted molar refractivity (Wildman–Crippen MR) is 208 cm³/mol. The Hall–Kier alpha value is -5.22. The van der Waals surface area contributed by atoms with E-state index in [4.69, 9.17) is 37.9 Å². The number of alkyl carbamates (subject to hydrolysis) is 1. The van der Waals surface area contributed by atoms with E-state index in [0.29, 0.717) is 63.3 Å². The highest BCUT2D eigenvalue weighted by atomic mass is 16.6. The summed E-state index contributed by atoms with van der Waals surface area (Å²) in [6, 6.07) is 19.0. The van der Waals surface area contributed by atoms with Crippen LogP contribution in [-0.2, 0) is 49.2 Å². The fraction of sp³-hybridized carbons (Fsp3) is 0.476. The van der Waals surface area contributed by atoms with Gasteiger partial charge in [-0.05, 0) is 60.7 Å². The van der Waals surface area contributed by atoms with Gasteiger partial charge in [-0.25, -0.2) is 9.59 Å². The maximum absolute atomic E-state index is 13.9. The molecule has 0 unspecified atom stereocenters. The number of nitrogens with one attached hydrogen (secondary N) is 3. The van der Waals surface area contributed by atoms with Crippen LogP contribution in [0.15, 0.2) is 66.7 Å². The van der Waals surface area contributed by atoms with E-state index >= 15 is 0 Å². The first-order valence-electron chi connectivity index (χ1n) is 19.1. The summed E-state index contributed by atoms with van der Waals surface area (Å²) in [5, 5.41) is 8.02. The minimum Gasteiger partial charge on any atom is -0.487 e. The van der Waals surface area contributed by atoms with Gasteiger partial charge in [-0.2, -0.15) is 0 Å². The van der Waals surface area contributed by atoms with Crippen LogP contribution in [0.4, 0.5) is 4.79 Å².